The Kier molecular flexibility index (Phi) is 3.99. The summed E-state index contributed by atoms with van der Waals surface area (Å²) in [5.41, 5.74) is 3.09. The maximum atomic E-state index is 12.4. The van der Waals surface area contributed by atoms with Gasteiger partial charge in [-0.1, -0.05) is 6.07 Å². The van der Waals surface area contributed by atoms with Crippen LogP contribution < -0.4 is 0 Å². The molecular formula is C16H20N4O. The Morgan fingerprint density at radius 1 is 1.43 bits per heavy atom. The number of aromatic nitrogens is 3. The Balaban J connectivity index is 1.63. The summed E-state index contributed by atoms with van der Waals surface area (Å²) in [7, 11) is 0. The summed E-state index contributed by atoms with van der Waals surface area (Å²) in [4.78, 5) is 18.7. The number of nitrogens with one attached hydrogen (secondary N) is 1. The lowest BCUT2D eigenvalue weighted by molar-refractivity contribution is -0.131. The molecule has 110 valence electrons. The lowest BCUT2D eigenvalue weighted by atomic mass is 9.94. The fourth-order valence-electron chi connectivity index (χ4n) is 2.84. The Bertz CT molecular complexity index is 591. The van der Waals surface area contributed by atoms with E-state index in [9.17, 15) is 4.79 Å². The zero-order chi connectivity index (χ0) is 14.7. The Morgan fingerprint density at radius 3 is 3.05 bits per heavy atom. The molecule has 1 aliphatic rings. The number of pyridine rings is 1. The van der Waals surface area contributed by atoms with Gasteiger partial charge >= 0.3 is 0 Å². The van der Waals surface area contributed by atoms with Crippen LogP contribution in [-0.2, 0) is 11.2 Å². The van der Waals surface area contributed by atoms with E-state index >= 15 is 0 Å². The molecule has 21 heavy (non-hydrogen) atoms. The zero-order valence-corrected chi connectivity index (χ0v) is 12.2. The number of rotatable bonds is 3. The second kappa shape index (κ2) is 6.08. The number of aromatic amines is 1. The van der Waals surface area contributed by atoms with Crippen molar-refractivity contribution in [2.75, 3.05) is 13.1 Å². The zero-order valence-electron chi connectivity index (χ0n) is 12.2. The molecule has 1 atom stereocenters. The quantitative estimate of drug-likeness (QED) is 0.938. The number of aryl methyl sites for hydroxylation is 1. The summed E-state index contributed by atoms with van der Waals surface area (Å²) in [6, 6.07) is 5.94. The van der Waals surface area contributed by atoms with Crippen LogP contribution in [0.15, 0.2) is 30.6 Å². The van der Waals surface area contributed by atoms with E-state index in [0.717, 1.165) is 42.9 Å². The first-order chi connectivity index (χ1) is 10.2. The van der Waals surface area contributed by atoms with E-state index < -0.39 is 0 Å². The molecule has 1 unspecified atom stereocenters. The number of hydrogen-bond donors (Lipinski definition) is 1. The van der Waals surface area contributed by atoms with Crippen molar-refractivity contribution in [2.45, 2.75) is 32.1 Å². The molecule has 1 saturated heterocycles. The number of H-pyrrole nitrogens is 1. The second-order valence-corrected chi connectivity index (χ2v) is 5.68. The topological polar surface area (TPSA) is 61.9 Å². The van der Waals surface area contributed by atoms with Crippen molar-refractivity contribution in [1.29, 1.82) is 0 Å². The van der Waals surface area contributed by atoms with Gasteiger partial charge in [-0.2, -0.15) is 5.10 Å². The number of hydrogen-bond acceptors (Lipinski definition) is 3. The predicted octanol–water partition coefficient (Wildman–Crippen LogP) is 2.06. The van der Waals surface area contributed by atoms with Gasteiger partial charge in [0.05, 0.1) is 6.42 Å². The minimum atomic E-state index is 0.185. The summed E-state index contributed by atoms with van der Waals surface area (Å²) in [6.07, 6.45) is 6.15. The predicted molar refractivity (Wildman–Crippen MR) is 79.8 cm³/mol. The third-order valence-corrected chi connectivity index (χ3v) is 4.06. The molecule has 1 N–H and O–H groups in total. The highest BCUT2D eigenvalue weighted by molar-refractivity contribution is 5.78. The molecule has 0 bridgehead atoms. The van der Waals surface area contributed by atoms with Crippen LogP contribution in [0.1, 0.15) is 35.7 Å². The van der Waals surface area contributed by atoms with Crippen LogP contribution in [0.5, 0.6) is 0 Å². The maximum absolute atomic E-state index is 12.4. The van der Waals surface area contributed by atoms with E-state index in [1.54, 1.807) is 12.4 Å². The molecule has 1 fully saturated rings. The molecule has 1 amide bonds. The SMILES string of the molecule is Cc1ccc(CC(=O)N2CCCC(c3ccn[nH]3)C2)cn1. The molecular weight excluding hydrogens is 264 g/mol. The molecule has 5 nitrogen and oxygen atoms in total. The summed E-state index contributed by atoms with van der Waals surface area (Å²) in [5, 5.41) is 7.03. The molecule has 5 heteroatoms. The molecule has 0 spiro atoms. The standard InChI is InChI=1S/C16H20N4O/c1-12-4-5-13(10-17-12)9-16(21)20-8-2-3-14(11-20)15-6-7-18-19-15/h4-7,10,14H,2-3,8-9,11H2,1H3,(H,18,19). The van der Waals surface area contributed by atoms with Crippen molar-refractivity contribution in [1.82, 2.24) is 20.1 Å². The molecule has 0 radical (unpaired) electrons. The third kappa shape index (κ3) is 3.29. The van der Waals surface area contributed by atoms with Crippen molar-refractivity contribution >= 4 is 5.91 Å². The Morgan fingerprint density at radius 2 is 2.33 bits per heavy atom. The summed E-state index contributed by atoms with van der Waals surface area (Å²) >= 11 is 0. The van der Waals surface area contributed by atoms with Crippen LogP contribution in [0.2, 0.25) is 0 Å². The first-order valence-electron chi connectivity index (χ1n) is 7.41. The van der Waals surface area contributed by atoms with Gasteiger partial charge in [-0.05, 0) is 37.5 Å². The van der Waals surface area contributed by atoms with Gasteiger partial charge in [-0.3, -0.25) is 14.9 Å². The minimum absolute atomic E-state index is 0.185. The highest BCUT2D eigenvalue weighted by Gasteiger charge is 2.25. The van der Waals surface area contributed by atoms with E-state index in [-0.39, 0.29) is 5.91 Å². The van der Waals surface area contributed by atoms with Crippen molar-refractivity contribution in [2.24, 2.45) is 0 Å². The van der Waals surface area contributed by atoms with Gasteiger partial charge in [-0.15, -0.1) is 0 Å². The van der Waals surface area contributed by atoms with Crippen LogP contribution in [0, 0.1) is 6.92 Å². The third-order valence-electron chi connectivity index (χ3n) is 4.06. The molecule has 0 aromatic carbocycles. The highest BCUT2D eigenvalue weighted by atomic mass is 16.2. The van der Waals surface area contributed by atoms with Crippen LogP contribution in [-0.4, -0.2) is 39.1 Å². The average molecular weight is 284 g/mol. The van der Waals surface area contributed by atoms with Gasteiger partial charge in [0.25, 0.3) is 0 Å². The number of likely N-dealkylation sites (tertiary alicyclic amines) is 1. The van der Waals surface area contributed by atoms with E-state index in [1.807, 2.05) is 30.0 Å². The van der Waals surface area contributed by atoms with Gasteiger partial charge in [0.2, 0.25) is 5.91 Å². The summed E-state index contributed by atoms with van der Waals surface area (Å²) in [6.45, 7) is 3.58. The van der Waals surface area contributed by atoms with E-state index in [0.29, 0.717) is 12.3 Å². The van der Waals surface area contributed by atoms with Crippen molar-refractivity contribution in [3.8, 4) is 0 Å². The van der Waals surface area contributed by atoms with Crippen LogP contribution in [0.4, 0.5) is 0 Å². The molecule has 1 aliphatic heterocycles. The fraction of sp³-hybridized carbons (Fsp3) is 0.438. The van der Waals surface area contributed by atoms with Gasteiger partial charge in [0, 0.05) is 42.8 Å². The number of piperidine rings is 1. The number of nitrogens with zero attached hydrogens (tertiary/aromatic N) is 3. The second-order valence-electron chi connectivity index (χ2n) is 5.68. The highest BCUT2D eigenvalue weighted by Crippen LogP contribution is 2.25. The number of carbonyl (C=O) groups is 1. The average Bonchev–Trinajstić information content (AvgIpc) is 3.04. The van der Waals surface area contributed by atoms with Crippen LogP contribution >= 0.6 is 0 Å². The lowest BCUT2D eigenvalue weighted by Gasteiger charge is -2.32. The van der Waals surface area contributed by atoms with Gasteiger partial charge in [-0.25, -0.2) is 0 Å². The minimum Gasteiger partial charge on any atom is -0.342 e. The molecule has 2 aromatic heterocycles. The maximum Gasteiger partial charge on any atom is 0.227 e. The first-order valence-corrected chi connectivity index (χ1v) is 7.41. The van der Waals surface area contributed by atoms with Gasteiger partial charge in [0.15, 0.2) is 0 Å². The normalized spacial score (nSPS) is 18.7. The first kappa shape index (κ1) is 13.8. The van der Waals surface area contributed by atoms with Crippen LogP contribution in [0.25, 0.3) is 0 Å². The Labute approximate surface area is 124 Å². The molecule has 0 aliphatic carbocycles. The molecule has 3 rings (SSSR count). The summed E-state index contributed by atoms with van der Waals surface area (Å²) < 4.78 is 0. The largest absolute Gasteiger partial charge is 0.342 e. The molecule has 0 saturated carbocycles. The molecule has 3 heterocycles. The smallest absolute Gasteiger partial charge is 0.227 e. The molecule has 2 aromatic rings. The van der Waals surface area contributed by atoms with E-state index in [1.165, 1.54) is 0 Å². The van der Waals surface area contributed by atoms with E-state index in [4.69, 9.17) is 0 Å². The van der Waals surface area contributed by atoms with E-state index in [2.05, 4.69) is 15.2 Å². The fourth-order valence-corrected chi connectivity index (χ4v) is 2.84. The number of amides is 1. The van der Waals surface area contributed by atoms with Crippen LogP contribution in [0.3, 0.4) is 0 Å². The lowest BCUT2D eigenvalue weighted by Crippen LogP contribution is -2.40. The number of carbonyl (C=O) groups excluding carboxylic acids is 1. The van der Waals surface area contributed by atoms with Gasteiger partial charge in [0.1, 0.15) is 0 Å². The Hall–Kier alpha value is -2.17. The van der Waals surface area contributed by atoms with Crippen molar-refractivity contribution < 1.29 is 4.79 Å². The van der Waals surface area contributed by atoms with Gasteiger partial charge < -0.3 is 4.90 Å². The van der Waals surface area contributed by atoms with Crippen molar-refractivity contribution in [3.63, 3.8) is 0 Å². The summed E-state index contributed by atoms with van der Waals surface area (Å²) in [5.74, 6) is 0.561. The monoisotopic (exact) mass is 284 g/mol. The van der Waals surface area contributed by atoms with Crippen molar-refractivity contribution in [3.05, 3.63) is 47.5 Å².